The predicted molar refractivity (Wildman–Crippen MR) is 47.8 cm³/mol. The van der Waals surface area contributed by atoms with Gasteiger partial charge in [-0.25, -0.2) is 0 Å². The molecule has 1 aliphatic heterocycles. The average Bonchev–Trinajstić information content (AvgIpc) is 2.47. The summed E-state index contributed by atoms with van der Waals surface area (Å²) in [4.78, 5) is 11.1. The molecule has 0 amide bonds. The fourth-order valence-corrected chi connectivity index (χ4v) is 1.78. The van der Waals surface area contributed by atoms with Gasteiger partial charge in [0.15, 0.2) is 0 Å². The summed E-state index contributed by atoms with van der Waals surface area (Å²) in [6.45, 7) is 5.02. The standard InChI is InChI=1S/C10H18O2/c1-3-8(4-2)7-9-5-6-12-10(9)11/h8-9H,3-7H2,1-2H3. The van der Waals surface area contributed by atoms with Gasteiger partial charge in [-0.15, -0.1) is 0 Å². The van der Waals surface area contributed by atoms with Crippen molar-refractivity contribution >= 4 is 5.97 Å². The molecule has 12 heavy (non-hydrogen) atoms. The lowest BCUT2D eigenvalue weighted by molar-refractivity contribution is -0.141. The maximum atomic E-state index is 11.1. The zero-order valence-electron chi connectivity index (χ0n) is 8.01. The Kier molecular flexibility index (Phi) is 3.57. The van der Waals surface area contributed by atoms with E-state index in [0.29, 0.717) is 12.5 Å². The van der Waals surface area contributed by atoms with Crippen LogP contribution in [-0.2, 0) is 9.53 Å². The van der Waals surface area contributed by atoms with Crippen LogP contribution in [0.1, 0.15) is 39.5 Å². The molecule has 0 bridgehead atoms. The number of hydrogen-bond acceptors (Lipinski definition) is 2. The highest BCUT2D eigenvalue weighted by Gasteiger charge is 2.27. The number of cyclic esters (lactones) is 1. The zero-order chi connectivity index (χ0) is 8.97. The van der Waals surface area contributed by atoms with Crippen molar-refractivity contribution in [2.75, 3.05) is 6.61 Å². The molecule has 1 unspecified atom stereocenters. The Bertz CT molecular complexity index is 150. The lowest BCUT2D eigenvalue weighted by atomic mass is 9.90. The van der Waals surface area contributed by atoms with Crippen LogP contribution >= 0.6 is 0 Å². The van der Waals surface area contributed by atoms with Crippen LogP contribution in [0, 0.1) is 11.8 Å². The van der Waals surface area contributed by atoms with Crippen molar-refractivity contribution in [3.63, 3.8) is 0 Å². The Labute approximate surface area is 74.3 Å². The van der Waals surface area contributed by atoms with E-state index in [1.165, 1.54) is 12.8 Å². The Balaban J connectivity index is 2.33. The van der Waals surface area contributed by atoms with Crippen molar-refractivity contribution in [3.05, 3.63) is 0 Å². The van der Waals surface area contributed by atoms with Crippen LogP contribution in [0.3, 0.4) is 0 Å². The summed E-state index contributed by atoms with van der Waals surface area (Å²) in [5, 5.41) is 0. The van der Waals surface area contributed by atoms with Crippen molar-refractivity contribution in [1.29, 1.82) is 0 Å². The molecule has 70 valence electrons. The molecule has 0 N–H and O–H groups in total. The third-order valence-corrected chi connectivity index (χ3v) is 2.82. The minimum absolute atomic E-state index is 0.0295. The molecule has 2 nitrogen and oxygen atoms in total. The molecule has 0 aromatic carbocycles. The normalized spacial score (nSPS) is 23.2. The molecule has 0 aromatic rings. The average molecular weight is 170 g/mol. The Morgan fingerprint density at radius 3 is 2.58 bits per heavy atom. The van der Waals surface area contributed by atoms with E-state index in [-0.39, 0.29) is 11.9 Å². The minimum Gasteiger partial charge on any atom is -0.465 e. The number of rotatable bonds is 4. The topological polar surface area (TPSA) is 26.3 Å². The number of ether oxygens (including phenoxy) is 1. The van der Waals surface area contributed by atoms with E-state index in [0.717, 1.165) is 12.8 Å². The summed E-state index contributed by atoms with van der Waals surface area (Å²) in [6, 6.07) is 0. The predicted octanol–water partition coefficient (Wildman–Crippen LogP) is 2.38. The van der Waals surface area contributed by atoms with Gasteiger partial charge in [-0.3, -0.25) is 4.79 Å². The maximum Gasteiger partial charge on any atom is 0.309 e. The van der Waals surface area contributed by atoms with E-state index in [1.807, 2.05) is 0 Å². The fourth-order valence-electron chi connectivity index (χ4n) is 1.78. The van der Waals surface area contributed by atoms with Crippen molar-refractivity contribution in [1.82, 2.24) is 0 Å². The van der Waals surface area contributed by atoms with E-state index < -0.39 is 0 Å². The van der Waals surface area contributed by atoms with Gasteiger partial charge >= 0.3 is 5.97 Å². The molecule has 1 rings (SSSR count). The number of esters is 1. The van der Waals surface area contributed by atoms with Gasteiger partial charge in [0.1, 0.15) is 0 Å². The first kappa shape index (κ1) is 9.56. The summed E-state index contributed by atoms with van der Waals surface area (Å²) in [7, 11) is 0. The molecule has 0 aliphatic carbocycles. The largest absolute Gasteiger partial charge is 0.465 e. The van der Waals surface area contributed by atoms with Crippen LogP contribution < -0.4 is 0 Å². The molecule has 1 fully saturated rings. The lowest BCUT2D eigenvalue weighted by Gasteiger charge is -2.14. The van der Waals surface area contributed by atoms with E-state index in [2.05, 4.69) is 13.8 Å². The van der Waals surface area contributed by atoms with Gasteiger partial charge in [0, 0.05) is 0 Å². The molecular weight excluding hydrogens is 152 g/mol. The van der Waals surface area contributed by atoms with E-state index in [4.69, 9.17) is 4.74 Å². The molecule has 1 atom stereocenters. The summed E-state index contributed by atoms with van der Waals surface area (Å²) >= 11 is 0. The zero-order valence-corrected chi connectivity index (χ0v) is 8.01. The second kappa shape index (κ2) is 4.48. The molecule has 2 heteroatoms. The van der Waals surface area contributed by atoms with Crippen molar-refractivity contribution in [3.8, 4) is 0 Å². The van der Waals surface area contributed by atoms with Crippen molar-refractivity contribution in [2.24, 2.45) is 11.8 Å². The van der Waals surface area contributed by atoms with Crippen LogP contribution in [-0.4, -0.2) is 12.6 Å². The number of hydrogen-bond donors (Lipinski definition) is 0. The molecular formula is C10H18O2. The van der Waals surface area contributed by atoms with E-state index in [1.54, 1.807) is 0 Å². The van der Waals surface area contributed by atoms with Gasteiger partial charge in [0.05, 0.1) is 12.5 Å². The Morgan fingerprint density at radius 1 is 1.50 bits per heavy atom. The second-order valence-corrected chi connectivity index (χ2v) is 3.57. The summed E-state index contributed by atoms with van der Waals surface area (Å²) in [6.07, 6.45) is 4.34. The highest BCUT2D eigenvalue weighted by Crippen LogP contribution is 2.25. The Hall–Kier alpha value is -0.530. The monoisotopic (exact) mass is 170 g/mol. The molecule has 0 saturated carbocycles. The third kappa shape index (κ3) is 2.23. The first-order valence-electron chi connectivity index (χ1n) is 4.94. The van der Waals surface area contributed by atoms with Crippen LogP contribution in [0.4, 0.5) is 0 Å². The molecule has 0 radical (unpaired) electrons. The van der Waals surface area contributed by atoms with Gasteiger partial charge in [0.2, 0.25) is 0 Å². The van der Waals surface area contributed by atoms with E-state index >= 15 is 0 Å². The molecule has 1 saturated heterocycles. The van der Waals surface area contributed by atoms with Crippen molar-refractivity contribution < 1.29 is 9.53 Å². The van der Waals surface area contributed by atoms with Crippen LogP contribution in [0.5, 0.6) is 0 Å². The van der Waals surface area contributed by atoms with Gasteiger partial charge in [-0.1, -0.05) is 26.7 Å². The second-order valence-electron chi connectivity index (χ2n) is 3.57. The van der Waals surface area contributed by atoms with Crippen LogP contribution in [0.25, 0.3) is 0 Å². The summed E-state index contributed by atoms with van der Waals surface area (Å²) in [5.41, 5.74) is 0. The van der Waals surface area contributed by atoms with E-state index in [9.17, 15) is 4.79 Å². The number of carbonyl (C=O) groups excluding carboxylic acids is 1. The highest BCUT2D eigenvalue weighted by molar-refractivity contribution is 5.74. The lowest BCUT2D eigenvalue weighted by Crippen LogP contribution is -2.12. The molecule has 1 aliphatic rings. The SMILES string of the molecule is CCC(CC)CC1CCOC1=O. The number of carbonyl (C=O) groups is 1. The highest BCUT2D eigenvalue weighted by atomic mass is 16.5. The Morgan fingerprint density at radius 2 is 2.17 bits per heavy atom. The van der Waals surface area contributed by atoms with Crippen LogP contribution in [0.15, 0.2) is 0 Å². The molecule has 0 spiro atoms. The fraction of sp³-hybridized carbons (Fsp3) is 0.900. The van der Waals surface area contributed by atoms with Gasteiger partial charge in [-0.2, -0.15) is 0 Å². The minimum atomic E-state index is 0.0295. The quantitative estimate of drug-likeness (QED) is 0.605. The first-order valence-corrected chi connectivity index (χ1v) is 4.94. The van der Waals surface area contributed by atoms with Gasteiger partial charge < -0.3 is 4.74 Å². The van der Waals surface area contributed by atoms with Crippen LogP contribution in [0.2, 0.25) is 0 Å². The molecule has 0 aromatic heterocycles. The smallest absolute Gasteiger partial charge is 0.309 e. The first-order chi connectivity index (χ1) is 5.77. The maximum absolute atomic E-state index is 11.1. The third-order valence-electron chi connectivity index (χ3n) is 2.82. The van der Waals surface area contributed by atoms with Crippen molar-refractivity contribution in [2.45, 2.75) is 39.5 Å². The van der Waals surface area contributed by atoms with Gasteiger partial charge in [0.25, 0.3) is 0 Å². The van der Waals surface area contributed by atoms with Gasteiger partial charge in [-0.05, 0) is 18.8 Å². The summed E-state index contributed by atoms with van der Waals surface area (Å²) < 4.78 is 4.92. The molecule has 1 heterocycles. The summed E-state index contributed by atoms with van der Waals surface area (Å²) in [5.74, 6) is 0.942.